The van der Waals surface area contributed by atoms with E-state index >= 15 is 0 Å². The minimum Gasteiger partial charge on any atom is -0.357 e. The van der Waals surface area contributed by atoms with E-state index < -0.39 is 0 Å². The second-order valence-corrected chi connectivity index (χ2v) is 7.09. The molecule has 1 saturated heterocycles. The molecule has 1 aliphatic rings. The molecule has 142 valence electrons. The molecule has 0 saturated carbocycles. The van der Waals surface area contributed by atoms with Gasteiger partial charge >= 0.3 is 5.69 Å². The van der Waals surface area contributed by atoms with Crippen LogP contribution in [0.4, 0.5) is 0 Å². The molecule has 3 rings (SSSR count). The Bertz CT molecular complexity index is 789. The molecule has 1 amide bonds. The third kappa shape index (κ3) is 3.75. The van der Waals surface area contributed by atoms with Gasteiger partial charge in [0.05, 0.1) is 6.54 Å². The van der Waals surface area contributed by atoms with E-state index in [2.05, 4.69) is 10.1 Å². The first-order valence-corrected chi connectivity index (χ1v) is 9.26. The predicted octanol–water partition coefficient (Wildman–Crippen LogP) is 0.974. The number of aromatic amines is 1. The van der Waals surface area contributed by atoms with Crippen molar-refractivity contribution in [2.24, 2.45) is 0 Å². The molecule has 0 unspecified atom stereocenters. The Morgan fingerprint density at radius 2 is 2.23 bits per heavy atom. The molecule has 1 aliphatic heterocycles. The second kappa shape index (κ2) is 7.90. The van der Waals surface area contributed by atoms with Gasteiger partial charge in [-0.2, -0.15) is 5.10 Å². The molecule has 1 N–H and O–H groups in total. The molecule has 2 aromatic heterocycles. The molecule has 1 fully saturated rings. The molecule has 1 atom stereocenters. The maximum Gasteiger partial charge on any atom is 0.345 e. The lowest BCUT2D eigenvalue weighted by atomic mass is 9.97. The molecule has 0 aromatic carbocycles. The number of hydrogen-bond donors (Lipinski definition) is 1. The Balaban J connectivity index is 1.80. The molecule has 0 aliphatic carbocycles. The summed E-state index contributed by atoms with van der Waals surface area (Å²) in [6, 6.07) is 3.62. The Kier molecular flexibility index (Phi) is 5.61. The molecule has 3 heterocycles. The van der Waals surface area contributed by atoms with Crippen LogP contribution in [0.25, 0.3) is 0 Å². The number of amides is 1. The zero-order valence-electron chi connectivity index (χ0n) is 15.8. The van der Waals surface area contributed by atoms with Crippen molar-refractivity contribution < 1.29 is 4.79 Å². The average Bonchev–Trinajstić information content (AvgIpc) is 3.27. The highest BCUT2D eigenvalue weighted by Crippen LogP contribution is 2.26. The largest absolute Gasteiger partial charge is 0.357 e. The number of likely N-dealkylation sites (tertiary alicyclic amines) is 1. The fourth-order valence-electron chi connectivity index (χ4n) is 3.50. The van der Waals surface area contributed by atoms with E-state index in [-0.39, 0.29) is 17.5 Å². The SMILES string of the molecule is CCn1c([C@@H]2CCCN(C(=O)c3ccc[nH]3)C2)nn(CCN(C)C)c1=O. The summed E-state index contributed by atoms with van der Waals surface area (Å²) < 4.78 is 3.31. The second-order valence-electron chi connectivity index (χ2n) is 7.09. The number of H-pyrrole nitrogens is 1. The summed E-state index contributed by atoms with van der Waals surface area (Å²) in [7, 11) is 3.96. The van der Waals surface area contributed by atoms with Crippen molar-refractivity contribution in [2.45, 2.75) is 38.8 Å². The van der Waals surface area contributed by atoms with Crippen LogP contribution >= 0.6 is 0 Å². The van der Waals surface area contributed by atoms with Gasteiger partial charge in [0.25, 0.3) is 5.91 Å². The summed E-state index contributed by atoms with van der Waals surface area (Å²) in [4.78, 5) is 32.2. The number of rotatable bonds is 6. The summed E-state index contributed by atoms with van der Waals surface area (Å²) in [6.45, 7) is 5.24. The number of nitrogens with one attached hydrogen (secondary N) is 1. The van der Waals surface area contributed by atoms with E-state index in [0.29, 0.717) is 25.3 Å². The first-order valence-electron chi connectivity index (χ1n) is 9.26. The number of carbonyl (C=O) groups is 1. The Hall–Kier alpha value is -2.35. The van der Waals surface area contributed by atoms with Crippen LogP contribution in [-0.4, -0.2) is 68.8 Å². The summed E-state index contributed by atoms with van der Waals surface area (Å²) in [5, 5.41) is 4.63. The number of hydrogen-bond acceptors (Lipinski definition) is 4. The lowest BCUT2D eigenvalue weighted by molar-refractivity contribution is 0.0698. The van der Waals surface area contributed by atoms with Crippen LogP contribution in [0.15, 0.2) is 23.1 Å². The van der Waals surface area contributed by atoms with Crippen molar-refractivity contribution in [3.8, 4) is 0 Å². The van der Waals surface area contributed by atoms with Gasteiger partial charge in [-0.05, 0) is 46.0 Å². The Labute approximate surface area is 153 Å². The normalized spacial score (nSPS) is 17.8. The van der Waals surface area contributed by atoms with Crippen molar-refractivity contribution in [3.63, 3.8) is 0 Å². The van der Waals surface area contributed by atoms with Crippen molar-refractivity contribution in [1.29, 1.82) is 0 Å². The predicted molar refractivity (Wildman–Crippen MR) is 99.4 cm³/mol. The van der Waals surface area contributed by atoms with E-state index in [1.807, 2.05) is 36.9 Å². The van der Waals surface area contributed by atoms with Crippen LogP contribution in [0.5, 0.6) is 0 Å². The van der Waals surface area contributed by atoms with E-state index in [0.717, 1.165) is 31.8 Å². The lowest BCUT2D eigenvalue weighted by Gasteiger charge is -2.32. The van der Waals surface area contributed by atoms with Gasteiger partial charge in [0.2, 0.25) is 0 Å². The summed E-state index contributed by atoms with van der Waals surface area (Å²) in [5.74, 6) is 0.910. The number of aromatic nitrogens is 4. The molecular weight excluding hydrogens is 332 g/mol. The number of carbonyl (C=O) groups excluding carboxylic acids is 1. The van der Waals surface area contributed by atoms with Crippen LogP contribution in [-0.2, 0) is 13.1 Å². The third-order valence-corrected chi connectivity index (χ3v) is 4.93. The van der Waals surface area contributed by atoms with Crippen molar-refractivity contribution in [1.82, 2.24) is 29.1 Å². The van der Waals surface area contributed by atoms with Crippen LogP contribution in [0.3, 0.4) is 0 Å². The van der Waals surface area contributed by atoms with Gasteiger partial charge in [-0.15, -0.1) is 0 Å². The molecule has 8 heteroatoms. The van der Waals surface area contributed by atoms with Crippen molar-refractivity contribution in [3.05, 3.63) is 40.3 Å². The third-order valence-electron chi connectivity index (χ3n) is 4.93. The van der Waals surface area contributed by atoms with E-state index in [1.54, 1.807) is 21.5 Å². The Morgan fingerprint density at radius 1 is 1.42 bits per heavy atom. The summed E-state index contributed by atoms with van der Waals surface area (Å²) in [5.41, 5.74) is 0.548. The maximum absolute atomic E-state index is 12.6. The first kappa shape index (κ1) is 18.4. The average molecular weight is 360 g/mol. The van der Waals surface area contributed by atoms with E-state index in [1.165, 1.54) is 0 Å². The van der Waals surface area contributed by atoms with Crippen molar-refractivity contribution >= 4 is 5.91 Å². The molecule has 26 heavy (non-hydrogen) atoms. The standard InChI is InChI=1S/C18H28N6O2/c1-4-23-16(20-24(18(23)26)12-11-21(2)3)14-7-6-10-22(13-14)17(25)15-8-5-9-19-15/h5,8-9,14,19H,4,6-7,10-13H2,1-3H3/t14-/m1/s1. The maximum atomic E-state index is 12.6. The highest BCUT2D eigenvalue weighted by molar-refractivity contribution is 5.92. The van der Waals surface area contributed by atoms with E-state index in [4.69, 9.17) is 0 Å². The zero-order chi connectivity index (χ0) is 18.7. The highest BCUT2D eigenvalue weighted by atomic mass is 16.2. The fourth-order valence-corrected chi connectivity index (χ4v) is 3.50. The van der Waals surface area contributed by atoms with Gasteiger partial charge in [-0.25, -0.2) is 9.48 Å². The monoisotopic (exact) mass is 360 g/mol. The lowest BCUT2D eigenvalue weighted by Crippen LogP contribution is -2.40. The van der Waals surface area contributed by atoms with Gasteiger partial charge < -0.3 is 14.8 Å². The Morgan fingerprint density at radius 3 is 2.88 bits per heavy atom. The number of likely N-dealkylation sites (N-methyl/N-ethyl adjacent to an activating group) is 1. The quantitative estimate of drug-likeness (QED) is 0.833. The summed E-state index contributed by atoms with van der Waals surface area (Å²) >= 11 is 0. The van der Waals surface area contributed by atoms with E-state index in [9.17, 15) is 9.59 Å². The summed E-state index contributed by atoms with van der Waals surface area (Å²) in [6.07, 6.45) is 3.62. The van der Waals surface area contributed by atoms with Crippen LogP contribution in [0, 0.1) is 0 Å². The minimum atomic E-state index is -0.0582. The van der Waals surface area contributed by atoms with Gasteiger partial charge in [0.15, 0.2) is 0 Å². The van der Waals surface area contributed by atoms with Crippen molar-refractivity contribution in [2.75, 3.05) is 33.7 Å². The zero-order valence-corrected chi connectivity index (χ0v) is 15.8. The van der Waals surface area contributed by atoms with Crippen LogP contribution in [0.1, 0.15) is 42.0 Å². The molecule has 2 aromatic rings. The van der Waals surface area contributed by atoms with Gasteiger partial charge in [-0.3, -0.25) is 9.36 Å². The topological polar surface area (TPSA) is 79.2 Å². The minimum absolute atomic E-state index is 0.0112. The number of piperidine rings is 1. The van der Waals surface area contributed by atoms with Gasteiger partial charge in [-0.1, -0.05) is 0 Å². The molecular formula is C18H28N6O2. The fraction of sp³-hybridized carbons (Fsp3) is 0.611. The molecule has 0 spiro atoms. The highest BCUT2D eigenvalue weighted by Gasteiger charge is 2.30. The van der Waals surface area contributed by atoms with Gasteiger partial charge in [0.1, 0.15) is 11.5 Å². The molecule has 0 radical (unpaired) electrons. The van der Waals surface area contributed by atoms with Crippen LogP contribution in [0.2, 0.25) is 0 Å². The first-order chi connectivity index (χ1) is 12.5. The smallest absolute Gasteiger partial charge is 0.345 e. The number of nitrogens with zero attached hydrogens (tertiary/aromatic N) is 5. The van der Waals surface area contributed by atoms with Gasteiger partial charge in [0, 0.05) is 38.3 Å². The van der Waals surface area contributed by atoms with Crippen LogP contribution < -0.4 is 5.69 Å². The molecule has 8 nitrogen and oxygen atoms in total. The molecule has 0 bridgehead atoms.